The average Bonchev–Trinajstić information content (AvgIpc) is 3.58. The summed E-state index contributed by atoms with van der Waals surface area (Å²) in [4.78, 5) is 47.6. The van der Waals surface area contributed by atoms with Crippen LogP contribution in [0.1, 0.15) is 41.1 Å². The summed E-state index contributed by atoms with van der Waals surface area (Å²) in [5.41, 5.74) is 2.99. The molecule has 1 atom stereocenters. The zero-order valence-electron chi connectivity index (χ0n) is 23.2. The fourth-order valence-electron chi connectivity index (χ4n) is 5.16. The van der Waals surface area contributed by atoms with E-state index in [1.807, 2.05) is 66.7 Å². The van der Waals surface area contributed by atoms with Gasteiger partial charge in [0, 0.05) is 9.75 Å². The summed E-state index contributed by atoms with van der Waals surface area (Å²) in [6, 6.07) is 21.1. The Bertz CT molecular complexity index is 1830. The van der Waals surface area contributed by atoms with Gasteiger partial charge in [0.25, 0.3) is 5.56 Å². The number of para-hydroxylation sites is 1. The van der Waals surface area contributed by atoms with Crippen LogP contribution in [-0.4, -0.2) is 33.8 Å². The summed E-state index contributed by atoms with van der Waals surface area (Å²) in [6.45, 7) is 4.25. The largest absolute Gasteiger partial charge is 0.462 e. The van der Waals surface area contributed by atoms with Gasteiger partial charge in [0.15, 0.2) is 5.16 Å². The molecule has 2 aromatic carbocycles. The Labute approximate surface area is 255 Å². The lowest BCUT2D eigenvalue weighted by Gasteiger charge is -2.18. The quantitative estimate of drug-likeness (QED) is 0.113. The summed E-state index contributed by atoms with van der Waals surface area (Å²) < 4.78 is 6.91. The number of carbonyl (C=O) groups excluding carboxylic acids is 2. The zero-order chi connectivity index (χ0) is 29.2. The number of nitrogens with one attached hydrogen (secondary N) is 1. The van der Waals surface area contributed by atoms with Crippen molar-refractivity contribution < 1.29 is 14.3 Å². The molecular weight excluding hydrogens is 587 g/mol. The fourth-order valence-corrected chi connectivity index (χ4v) is 8.46. The molecule has 0 radical (unpaired) electrons. The van der Waals surface area contributed by atoms with Crippen molar-refractivity contribution in [1.82, 2.24) is 9.55 Å². The number of nitrogens with zero attached hydrogens (tertiary/aromatic N) is 2. The molecule has 0 saturated heterocycles. The predicted octanol–water partition coefficient (Wildman–Crippen LogP) is 7.21. The van der Waals surface area contributed by atoms with Crippen molar-refractivity contribution in [2.24, 2.45) is 5.92 Å². The van der Waals surface area contributed by atoms with Crippen LogP contribution < -0.4 is 10.9 Å². The fraction of sp³-hybridized carbons (Fsp3) is 0.250. The van der Waals surface area contributed by atoms with Crippen LogP contribution in [0.2, 0.25) is 0 Å². The van der Waals surface area contributed by atoms with E-state index >= 15 is 0 Å². The van der Waals surface area contributed by atoms with Gasteiger partial charge in [-0.2, -0.15) is 0 Å². The van der Waals surface area contributed by atoms with E-state index in [0.717, 1.165) is 40.1 Å². The molecule has 1 aliphatic carbocycles. The molecular formula is C32H29N3O4S3. The minimum absolute atomic E-state index is 0.0168. The Hall–Kier alpha value is -3.73. The summed E-state index contributed by atoms with van der Waals surface area (Å²) in [5, 5.41) is 4.48. The van der Waals surface area contributed by atoms with E-state index in [1.165, 1.54) is 34.4 Å². The van der Waals surface area contributed by atoms with Gasteiger partial charge in [-0.05, 0) is 61.4 Å². The SMILES string of the molecule is CCOC(=O)c1c(NC(=O)CSc2nc3sc(-c4ccccc4)cc3c(=O)n2-c2ccccc2)sc2c1CC[C@@H](C)C2. The number of thiophene rings is 2. The summed E-state index contributed by atoms with van der Waals surface area (Å²) in [5.74, 6) is -0.129. The van der Waals surface area contributed by atoms with Crippen LogP contribution in [0, 0.1) is 5.92 Å². The number of carbonyl (C=O) groups is 2. The van der Waals surface area contributed by atoms with Crippen LogP contribution in [0.15, 0.2) is 76.7 Å². The van der Waals surface area contributed by atoms with Gasteiger partial charge in [0.05, 0.1) is 29.0 Å². The van der Waals surface area contributed by atoms with Crippen LogP contribution in [0.3, 0.4) is 0 Å². The Kier molecular flexibility index (Phi) is 8.28. The molecule has 3 heterocycles. The molecule has 1 aliphatic rings. The standard InChI is InChI=1S/C32H29N3O4S3/c1-3-39-31(38)27-22-15-14-19(2)16-25(22)42-29(27)33-26(36)18-40-32-34-28-23(17-24(41-28)20-10-6-4-7-11-20)30(37)35(32)21-12-8-5-9-13-21/h4-13,17,19H,3,14-16,18H2,1-2H3,(H,33,36)/t19-/m1/s1. The highest BCUT2D eigenvalue weighted by Crippen LogP contribution is 2.40. The molecule has 0 bridgehead atoms. The summed E-state index contributed by atoms with van der Waals surface area (Å²) in [6.07, 6.45) is 2.68. The first-order valence-corrected chi connectivity index (χ1v) is 16.5. The Morgan fingerprint density at radius 3 is 2.57 bits per heavy atom. The van der Waals surface area contributed by atoms with Gasteiger partial charge >= 0.3 is 5.97 Å². The highest BCUT2D eigenvalue weighted by atomic mass is 32.2. The summed E-state index contributed by atoms with van der Waals surface area (Å²) in [7, 11) is 0. The minimum atomic E-state index is -0.399. The minimum Gasteiger partial charge on any atom is -0.462 e. The number of hydrogen-bond acceptors (Lipinski definition) is 8. The highest BCUT2D eigenvalue weighted by Gasteiger charge is 2.29. The molecule has 1 amide bonds. The molecule has 0 fully saturated rings. The maximum absolute atomic E-state index is 13.8. The third-order valence-corrected chi connectivity index (χ3v) is 10.4. The van der Waals surface area contributed by atoms with Crippen LogP contribution in [0.5, 0.6) is 0 Å². The number of ether oxygens (including phenoxy) is 1. The first kappa shape index (κ1) is 28.4. The number of fused-ring (bicyclic) bond motifs is 2. The molecule has 214 valence electrons. The molecule has 5 aromatic rings. The second-order valence-corrected chi connectivity index (χ2v) is 13.3. The van der Waals surface area contributed by atoms with Crippen LogP contribution in [0.25, 0.3) is 26.3 Å². The van der Waals surface area contributed by atoms with Crippen molar-refractivity contribution in [3.8, 4) is 16.1 Å². The molecule has 6 rings (SSSR count). The first-order chi connectivity index (χ1) is 20.4. The van der Waals surface area contributed by atoms with Crippen LogP contribution >= 0.6 is 34.4 Å². The summed E-state index contributed by atoms with van der Waals surface area (Å²) >= 11 is 4.12. The topological polar surface area (TPSA) is 90.3 Å². The highest BCUT2D eigenvalue weighted by molar-refractivity contribution is 7.99. The number of benzene rings is 2. The number of rotatable bonds is 8. The lowest BCUT2D eigenvalue weighted by Crippen LogP contribution is -2.22. The van der Waals surface area contributed by atoms with Gasteiger partial charge in [-0.3, -0.25) is 14.2 Å². The van der Waals surface area contributed by atoms with E-state index in [2.05, 4.69) is 12.2 Å². The molecule has 7 nitrogen and oxygen atoms in total. The van der Waals surface area contributed by atoms with Gasteiger partial charge in [0.2, 0.25) is 5.91 Å². The molecule has 3 aromatic heterocycles. The molecule has 1 N–H and O–H groups in total. The maximum Gasteiger partial charge on any atom is 0.341 e. The Morgan fingerprint density at radius 1 is 1.10 bits per heavy atom. The Balaban J connectivity index is 1.31. The maximum atomic E-state index is 13.8. The molecule has 10 heteroatoms. The average molecular weight is 616 g/mol. The third kappa shape index (κ3) is 5.66. The zero-order valence-corrected chi connectivity index (χ0v) is 25.7. The van der Waals surface area contributed by atoms with E-state index in [1.54, 1.807) is 11.5 Å². The molecule has 42 heavy (non-hydrogen) atoms. The van der Waals surface area contributed by atoms with E-state index in [9.17, 15) is 14.4 Å². The van der Waals surface area contributed by atoms with Crippen molar-refractivity contribution in [2.45, 2.75) is 38.3 Å². The van der Waals surface area contributed by atoms with Crippen LogP contribution in [0.4, 0.5) is 5.00 Å². The number of amides is 1. The van der Waals surface area contributed by atoms with Gasteiger partial charge in [-0.15, -0.1) is 22.7 Å². The molecule has 0 spiro atoms. The van der Waals surface area contributed by atoms with Crippen molar-refractivity contribution in [3.05, 3.63) is 93.1 Å². The van der Waals surface area contributed by atoms with Gasteiger partial charge < -0.3 is 10.1 Å². The first-order valence-electron chi connectivity index (χ1n) is 13.8. The van der Waals surface area contributed by atoms with E-state index in [-0.39, 0.29) is 23.8 Å². The third-order valence-electron chi connectivity index (χ3n) is 7.18. The van der Waals surface area contributed by atoms with Crippen LogP contribution in [-0.2, 0) is 22.4 Å². The van der Waals surface area contributed by atoms with Crippen molar-refractivity contribution in [3.63, 3.8) is 0 Å². The van der Waals surface area contributed by atoms with Gasteiger partial charge in [0.1, 0.15) is 9.83 Å². The number of aromatic nitrogens is 2. The molecule has 0 saturated carbocycles. The predicted molar refractivity (Wildman–Crippen MR) is 171 cm³/mol. The molecule has 0 aliphatic heterocycles. The Morgan fingerprint density at radius 2 is 1.83 bits per heavy atom. The monoisotopic (exact) mass is 615 g/mol. The second kappa shape index (κ2) is 12.2. The second-order valence-electron chi connectivity index (χ2n) is 10.2. The van der Waals surface area contributed by atoms with Gasteiger partial charge in [-0.1, -0.05) is 67.2 Å². The van der Waals surface area contributed by atoms with Crippen molar-refractivity contribution >= 4 is 61.5 Å². The number of thioether (sulfide) groups is 1. The number of esters is 1. The lowest BCUT2D eigenvalue weighted by molar-refractivity contribution is -0.113. The number of anilines is 1. The normalized spacial score (nSPS) is 14.5. The van der Waals surface area contributed by atoms with Gasteiger partial charge in [-0.25, -0.2) is 9.78 Å². The van der Waals surface area contributed by atoms with E-state index < -0.39 is 5.97 Å². The van der Waals surface area contributed by atoms with E-state index in [0.29, 0.717) is 37.5 Å². The lowest BCUT2D eigenvalue weighted by atomic mass is 9.88. The number of hydrogen-bond donors (Lipinski definition) is 1. The smallest absolute Gasteiger partial charge is 0.341 e. The van der Waals surface area contributed by atoms with E-state index in [4.69, 9.17) is 9.72 Å². The van der Waals surface area contributed by atoms with Crippen molar-refractivity contribution in [1.29, 1.82) is 0 Å². The van der Waals surface area contributed by atoms with Crippen molar-refractivity contribution in [2.75, 3.05) is 17.7 Å². The molecule has 0 unspecified atom stereocenters.